The molecule has 1 N–H and O–H groups in total. The number of phenols is 1. The van der Waals surface area contributed by atoms with E-state index in [0.717, 1.165) is 43.6 Å². The first-order valence-electron chi connectivity index (χ1n) is 7.09. The van der Waals surface area contributed by atoms with Crippen molar-refractivity contribution in [1.29, 1.82) is 0 Å². The first-order valence-corrected chi connectivity index (χ1v) is 7.09. The van der Waals surface area contributed by atoms with Gasteiger partial charge in [0, 0.05) is 5.56 Å². The van der Waals surface area contributed by atoms with Crippen molar-refractivity contribution < 1.29 is 9.84 Å². The van der Waals surface area contributed by atoms with Gasteiger partial charge in [0.05, 0.1) is 6.61 Å². The van der Waals surface area contributed by atoms with E-state index in [1.54, 1.807) is 6.07 Å². The van der Waals surface area contributed by atoms with E-state index in [4.69, 9.17) is 4.74 Å². The first kappa shape index (κ1) is 14.9. The SMILES string of the molecule is CCCOc1ccc(O)cc1C(CC)(CC)CC. The average Bonchev–Trinajstić information content (AvgIpc) is 2.40. The molecule has 0 radical (unpaired) electrons. The summed E-state index contributed by atoms with van der Waals surface area (Å²) in [6.45, 7) is 9.46. The summed E-state index contributed by atoms with van der Waals surface area (Å²) in [4.78, 5) is 0. The molecule has 0 aliphatic carbocycles. The number of hydrogen-bond donors (Lipinski definition) is 1. The Hall–Kier alpha value is -1.18. The summed E-state index contributed by atoms with van der Waals surface area (Å²) in [5.41, 5.74) is 1.27. The number of benzene rings is 1. The van der Waals surface area contributed by atoms with Crippen LogP contribution in [0.3, 0.4) is 0 Å². The molecule has 0 atom stereocenters. The summed E-state index contributed by atoms with van der Waals surface area (Å²) in [7, 11) is 0. The predicted octanol–water partition coefficient (Wildman–Crippen LogP) is 4.65. The van der Waals surface area contributed by atoms with Gasteiger partial charge in [-0.05, 0) is 49.3 Å². The Morgan fingerprint density at radius 3 is 2.17 bits per heavy atom. The third-order valence-electron chi connectivity index (χ3n) is 4.03. The van der Waals surface area contributed by atoms with E-state index < -0.39 is 0 Å². The van der Waals surface area contributed by atoms with E-state index >= 15 is 0 Å². The lowest BCUT2D eigenvalue weighted by atomic mass is 9.73. The van der Waals surface area contributed by atoms with Gasteiger partial charge in [-0.25, -0.2) is 0 Å². The third-order valence-corrected chi connectivity index (χ3v) is 4.03. The van der Waals surface area contributed by atoms with E-state index in [9.17, 15) is 5.11 Å². The fourth-order valence-electron chi connectivity index (χ4n) is 2.59. The highest BCUT2D eigenvalue weighted by molar-refractivity contribution is 5.44. The lowest BCUT2D eigenvalue weighted by Gasteiger charge is -2.32. The molecule has 1 rings (SSSR count). The van der Waals surface area contributed by atoms with Crippen LogP contribution in [0.4, 0.5) is 0 Å². The maximum absolute atomic E-state index is 9.76. The molecule has 2 heteroatoms. The summed E-state index contributed by atoms with van der Waals surface area (Å²) in [6, 6.07) is 5.48. The van der Waals surface area contributed by atoms with E-state index in [1.807, 2.05) is 12.1 Å². The van der Waals surface area contributed by atoms with Crippen molar-refractivity contribution in [3.05, 3.63) is 23.8 Å². The third kappa shape index (κ3) is 2.98. The van der Waals surface area contributed by atoms with Crippen molar-refractivity contribution in [3.8, 4) is 11.5 Å². The Labute approximate surface area is 111 Å². The van der Waals surface area contributed by atoms with Crippen LogP contribution in [0.1, 0.15) is 58.9 Å². The van der Waals surface area contributed by atoms with Crippen LogP contribution in [0.5, 0.6) is 11.5 Å². The standard InChI is InChI=1S/C16H26O2/c1-5-11-18-15-10-9-13(17)12-14(15)16(6-2,7-3)8-4/h9-10,12,17H,5-8,11H2,1-4H3. The Morgan fingerprint density at radius 1 is 1.06 bits per heavy atom. The van der Waals surface area contributed by atoms with Gasteiger partial charge in [-0.3, -0.25) is 0 Å². The van der Waals surface area contributed by atoms with E-state index in [0.29, 0.717) is 5.75 Å². The molecule has 18 heavy (non-hydrogen) atoms. The van der Waals surface area contributed by atoms with Gasteiger partial charge in [0.2, 0.25) is 0 Å². The summed E-state index contributed by atoms with van der Waals surface area (Å²) in [5.74, 6) is 1.26. The summed E-state index contributed by atoms with van der Waals surface area (Å²) >= 11 is 0. The van der Waals surface area contributed by atoms with E-state index in [2.05, 4.69) is 27.7 Å². The van der Waals surface area contributed by atoms with Gasteiger partial charge in [0.25, 0.3) is 0 Å². The molecular formula is C16H26O2. The maximum atomic E-state index is 9.76. The van der Waals surface area contributed by atoms with Gasteiger partial charge >= 0.3 is 0 Å². The number of phenolic OH excluding ortho intramolecular Hbond substituents is 1. The Balaban J connectivity index is 3.21. The molecule has 0 spiro atoms. The molecule has 0 saturated heterocycles. The van der Waals surface area contributed by atoms with Crippen LogP contribution >= 0.6 is 0 Å². The van der Waals surface area contributed by atoms with E-state index in [1.165, 1.54) is 0 Å². The van der Waals surface area contributed by atoms with Crippen LogP contribution in [0, 0.1) is 0 Å². The zero-order chi connectivity index (χ0) is 13.6. The lowest BCUT2D eigenvalue weighted by molar-refractivity contribution is 0.293. The molecule has 0 fully saturated rings. The van der Waals surface area contributed by atoms with E-state index in [-0.39, 0.29) is 5.41 Å². The lowest BCUT2D eigenvalue weighted by Crippen LogP contribution is -2.24. The Morgan fingerprint density at radius 2 is 1.67 bits per heavy atom. The van der Waals surface area contributed by atoms with Crippen LogP contribution in [0.15, 0.2) is 18.2 Å². The average molecular weight is 250 g/mol. The highest BCUT2D eigenvalue weighted by atomic mass is 16.5. The normalized spacial score (nSPS) is 11.6. The number of rotatable bonds is 7. The smallest absolute Gasteiger partial charge is 0.123 e. The predicted molar refractivity (Wildman–Crippen MR) is 76.4 cm³/mol. The van der Waals surface area contributed by atoms with Gasteiger partial charge in [-0.1, -0.05) is 27.7 Å². The van der Waals surface area contributed by atoms with Crippen LogP contribution < -0.4 is 4.74 Å². The topological polar surface area (TPSA) is 29.5 Å². The maximum Gasteiger partial charge on any atom is 0.123 e. The quantitative estimate of drug-likeness (QED) is 0.763. The van der Waals surface area contributed by atoms with Crippen molar-refractivity contribution in [1.82, 2.24) is 0 Å². The minimum Gasteiger partial charge on any atom is -0.508 e. The fraction of sp³-hybridized carbons (Fsp3) is 0.625. The van der Waals surface area contributed by atoms with Crippen molar-refractivity contribution in [2.75, 3.05) is 6.61 Å². The van der Waals surface area contributed by atoms with Crippen molar-refractivity contribution >= 4 is 0 Å². The highest BCUT2D eigenvalue weighted by Gasteiger charge is 2.29. The second-order valence-electron chi connectivity index (χ2n) is 4.87. The van der Waals surface area contributed by atoms with Gasteiger partial charge in [0.15, 0.2) is 0 Å². The molecule has 0 bridgehead atoms. The second kappa shape index (κ2) is 6.67. The summed E-state index contributed by atoms with van der Waals surface area (Å²) in [5, 5.41) is 9.76. The zero-order valence-corrected chi connectivity index (χ0v) is 12.1. The Bertz CT molecular complexity index is 359. The van der Waals surface area contributed by atoms with Crippen LogP contribution in [0.25, 0.3) is 0 Å². The summed E-state index contributed by atoms with van der Waals surface area (Å²) in [6.07, 6.45) is 4.18. The highest BCUT2D eigenvalue weighted by Crippen LogP contribution is 2.41. The zero-order valence-electron chi connectivity index (χ0n) is 12.1. The van der Waals surface area contributed by atoms with Gasteiger partial charge in [0.1, 0.15) is 11.5 Å². The molecule has 102 valence electrons. The van der Waals surface area contributed by atoms with Gasteiger partial charge < -0.3 is 9.84 Å². The van der Waals surface area contributed by atoms with Crippen molar-refractivity contribution in [3.63, 3.8) is 0 Å². The molecule has 1 aromatic carbocycles. The Kier molecular flexibility index (Phi) is 5.52. The summed E-state index contributed by atoms with van der Waals surface area (Å²) < 4.78 is 5.84. The molecule has 0 aromatic heterocycles. The molecule has 0 saturated carbocycles. The number of ether oxygens (including phenoxy) is 1. The first-order chi connectivity index (χ1) is 8.63. The van der Waals surface area contributed by atoms with Crippen LogP contribution in [-0.2, 0) is 5.41 Å². The molecule has 1 aromatic rings. The number of hydrogen-bond acceptors (Lipinski definition) is 2. The van der Waals surface area contributed by atoms with Gasteiger partial charge in [-0.15, -0.1) is 0 Å². The monoisotopic (exact) mass is 250 g/mol. The fourth-order valence-corrected chi connectivity index (χ4v) is 2.59. The minimum atomic E-state index is 0.113. The molecule has 0 aliphatic heterocycles. The molecule has 0 heterocycles. The number of aromatic hydroxyl groups is 1. The second-order valence-corrected chi connectivity index (χ2v) is 4.87. The molecule has 0 unspecified atom stereocenters. The largest absolute Gasteiger partial charge is 0.508 e. The van der Waals surface area contributed by atoms with Crippen molar-refractivity contribution in [2.24, 2.45) is 0 Å². The molecular weight excluding hydrogens is 224 g/mol. The van der Waals surface area contributed by atoms with Gasteiger partial charge in [-0.2, -0.15) is 0 Å². The molecule has 0 aliphatic rings. The van der Waals surface area contributed by atoms with Crippen LogP contribution in [0.2, 0.25) is 0 Å². The minimum absolute atomic E-state index is 0.113. The molecule has 2 nitrogen and oxygen atoms in total. The van der Waals surface area contributed by atoms with Crippen molar-refractivity contribution in [2.45, 2.75) is 58.8 Å². The molecule has 0 amide bonds. The van der Waals surface area contributed by atoms with Crippen LogP contribution in [-0.4, -0.2) is 11.7 Å².